The van der Waals surface area contributed by atoms with Gasteiger partial charge in [0, 0.05) is 11.6 Å². The quantitative estimate of drug-likeness (QED) is 0.671. The predicted molar refractivity (Wildman–Crippen MR) is 82.2 cm³/mol. The second-order valence-corrected chi connectivity index (χ2v) is 4.86. The Labute approximate surface area is 127 Å². The van der Waals surface area contributed by atoms with E-state index in [9.17, 15) is 14.7 Å². The number of benzene rings is 1. The van der Waals surface area contributed by atoms with Crippen molar-refractivity contribution in [2.45, 2.75) is 20.8 Å². The number of carbonyl (C=O) groups is 1. The summed E-state index contributed by atoms with van der Waals surface area (Å²) in [5.74, 6) is -0.337. The smallest absolute Gasteiger partial charge is 0.348 e. The molecule has 1 amide bonds. The highest BCUT2D eigenvalue weighted by atomic mass is 16.4. The van der Waals surface area contributed by atoms with Crippen molar-refractivity contribution in [3.63, 3.8) is 0 Å². The largest absolute Gasteiger partial charge is 0.507 e. The fourth-order valence-electron chi connectivity index (χ4n) is 2.01. The molecule has 1 aromatic heterocycles. The van der Waals surface area contributed by atoms with Gasteiger partial charge >= 0.3 is 5.63 Å². The van der Waals surface area contributed by atoms with E-state index in [0.29, 0.717) is 11.3 Å². The van der Waals surface area contributed by atoms with Crippen LogP contribution in [0.5, 0.6) is 5.75 Å². The number of nitrogens with zero attached hydrogens (tertiary/aromatic N) is 1. The van der Waals surface area contributed by atoms with E-state index >= 15 is 0 Å². The summed E-state index contributed by atoms with van der Waals surface area (Å²) in [4.78, 5) is 23.8. The van der Waals surface area contributed by atoms with E-state index < -0.39 is 11.5 Å². The molecule has 1 aromatic carbocycles. The predicted octanol–water partition coefficient (Wildman–Crippen LogP) is 2.12. The third-order valence-electron chi connectivity index (χ3n) is 3.13. The van der Waals surface area contributed by atoms with Crippen molar-refractivity contribution >= 4 is 11.6 Å². The molecule has 1 heterocycles. The molecule has 2 rings (SSSR count). The minimum atomic E-state index is -0.705. The molecular formula is C16H16N2O4. The summed E-state index contributed by atoms with van der Waals surface area (Å²) >= 11 is 0. The minimum Gasteiger partial charge on any atom is -0.507 e. The molecule has 2 aromatic rings. The first-order chi connectivity index (χ1) is 10.4. The summed E-state index contributed by atoms with van der Waals surface area (Å²) in [5, 5.41) is 13.7. The zero-order valence-electron chi connectivity index (χ0n) is 12.5. The van der Waals surface area contributed by atoms with Gasteiger partial charge in [-0.15, -0.1) is 0 Å². The highest BCUT2D eigenvalue weighted by Crippen LogP contribution is 2.15. The fourth-order valence-corrected chi connectivity index (χ4v) is 2.01. The Kier molecular flexibility index (Phi) is 4.41. The van der Waals surface area contributed by atoms with Crippen LogP contribution in [-0.4, -0.2) is 16.7 Å². The van der Waals surface area contributed by atoms with Crippen LogP contribution in [0.25, 0.3) is 0 Å². The van der Waals surface area contributed by atoms with Gasteiger partial charge in [-0.3, -0.25) is 4.79 Å². The lowest BCUT2D eigenvalue weighted by Gasteiger charge is -2.06. The van der Waals surface area contributed by atoms with Crippen LogP contribution in [0, 0.1) is 13.8 Å². The first-order valence-electron chi connectivity index (χ1n) is 6.64. The maximum atomic E-state index is 12.0. The Morgan fingerprint density at radius 2 is 1.95 bits per heavy atom. The Hall–Kier alpha value is -2.89. The second-order valence-electron chi connectivity index (χ2n) is 4.86. The highest BCUT2D eigenvalue weighted by molar-refractivity contribution is 6.02. The van der Waals surface area contributed by atoms with Crippen molar-refractivity contribution in [1.82, 2.24) is 5.43 Å². The number of carbonyl (C=O) groups excluding carboxylic acids is 1. The van der Waals surface area contributed by atoms with Gasteiger partial charge in [-0.25, -0.2) is 10.2 Å². The van der Waals surface area contributed by atoms with Crippen LogP contribution in [0.4, 0.5) is 0 Å². The van der Waals surface area contributed by atoms with Crippen molar-refractivity contribution in [3.8, 4) is 5.75 Å². The van der Waals surface area contributed by atoms with Crippen LogP contribution in [0.2, 0.25) is 0 Å². The maximum Gasteiger partial charge on any atom is 0.348 e. The molecule has 0 aliphatic heterocycles. The molecule has 0 radical (unpaired) electrons. The molecule has 0 unspecified atom stereocenters. The lowest BCUT2D eigenvalue weighted by molar-refractivity contribution is 0.0954. The number of hydrazone groups is 1. The zero-order valence-corrected chi connectivity index (χ0v) is 12.5. The van der Waals surface area contributed by atoms with E-state index in [1.165, 1.54) is 13.0 Å². The number of hydrogen-bond acceptors (Lipinski definition) is 5. The van der Waals surface area contributed by atoms with Crippen molar-refractivity contribution in [2.24, 2.45) is 5.10 Å². The van der Waals surface area contributed by atoms with Gasteiger partial charge in [-0.2, -0.15) is 5.10 Å². The topological polar surface area (TPSA) is 91.9 Å². The third kappa shape index (κ3) is 3.22. The number of rotatable bonds is 3. The van der Waals surface area contributed by atoms with Gasteiger partial charge < -0.3 is 9.52 Å². The molecule has 0 saturated carbocycles. The molecule has 0 aliphatic rings. The number of amides is 1. The molecule has 0 aliphatic carbocycles. The number of nitrogens with one attached hydrogen (secondary N) is 1. The van der Waals surface area contributed by atoms with Gasteiger partial charge in [-0.1, -0.05) is 18.2 Å². The lowest BCUT2D eigenvalue weighted by atomic mass is 10.1. The Balaban J connectivity index is 2.26. The van der Waals surface area contributed by atoms with E-state index in [1.807, 2.05) is 19.1 Å². The lowest BCUT2D eigenvalue weighted by Crippen LogP contribution is -2.22. The monoisotopic (exact) mass is 300 g/mol. The van der Waals surface area contributed by atoms with Crippen molar-refractivity contribution in [3.05, 3.63) is 63.2 Å². The summed E-state index contributed by atoms with van der Waals surface area (Å²) in [6.45, 7) is 4.86. The zero-order chi connectivity index (χ0) is 16.3. The fraction of sp³-hybridized carbons (Fsp3) is 0.188. The maximum absolute atomic E-state index is 12.0. The third-order valence-corrected chi connectivity index (χ3v) is 3.13. The van der Waals surface area contributed by atoms with Crippen molar-refractivity contribution in [2.75, 3.05) is 0 Å². The Morgan fingerprint density at radius 1 is 1.27 bits per heavy atom. The first kappa shape index (κ1) is 15.5. The van der Waals surface area contributed by atoms with Crippen LogP contribution in [0.3, 0.4) is 0 Å². The van der Waals surface area contributed by atoms with Gasteiger partial charge in [-0.05, 0) is 32.4 Å². The molecule has 0 spiro atoms. The van der Waals surface area contributed by atoms with Crippen molar-refractivity contribution < 1.29 is 14.3 Å². The molecule has 114 valence electrons. The second kappa shape index (κ2) is 6.26. The van der Waals surface area contributed by atoms with Crippen molar-refractivity contribution in [1.29, 1.82) is 0 Å². The minimum absolute atomic E-state index is 0.0734. The van der Waals surface area contributed by atoms with Gasteiger partial charge in [0.15, 0.2) is 0 Å². The van der Waals surface area contributed by atoms with E-state index in [-0.39, 0.29) is 17.0 Å². The van der Waals surface area contributed by atoms with Gasteiger partial charge in [0.25, 0.3) is 5.91 Å². The highest BCUT2D eigenvalue weighted by Gasteiger charge is 2.14. The summed E-state index contributed by atoms with van der Waals surface area (Å²) in [7, 11) is 0. The number of aromatic hydroxyl groups is 1. The molecule has 6 nitrogen and oxygen atoms in total. The summed E-state index contributed by atoms with van der Waals surface area (Å²) < 4.78 is 4.91. The van der Waals surface area contributed by atoms with E-state index in [2.05, 4.69) is 10.5 Å². The molecule has 22 heavy (non-hydrogen) atoms. The van der Waals surface area contributed by atoms with Crippen LogP contribution in [-0.2, 0) is 0 Å². The number of hydrogen-bond donors (Lipinski definition) is 2. The van der Waals surface area contributed by atoms with Crippen LogP contribution < -0.4 is 11.1 Å². The Morgan fingerprint density at radius 3 is 2.59 bits per heavy atom. The van der Waals surface area contributed by atoms with E-state index in [1.54, 1.807) is 19.1 Å². The molecular weight excluding hydrogens is 284 g/mol. The van der Waals surface area contributed by atoms with Crippen LogP contribution >= 0.6 is 0 Å². The summed E-state index contributed by atoms with van der Waals surface area (Å²) in [5.41, 5.74) is 3.04. The van der Waals surface area contributed by atoms with E-state index in [4.69, 9.17) is 4.42 Å². The van der Waals surface area contributed by atoms with Crippen LogP contribution in [0.15, 0.2) is 44.6 Å². The van der Waals surface area contributed by atoms with E-state index in [0.717, 1.165) is 5.56 Å². The molecule has 0 bridgehead atoms. The van der Waals surface area contributed by atoms with Gasteiger partial charge in [0.2, 0.25) is 0 Å². The van der Waals surface area contributed by atoms with Gasteiger partial charge in [0.1, 0.15) is 17.1 Å². The SMILES string of the molecule is C/C(=N\NC(=O)c1ccccc1C)c1c(O)cc(C)oc1=O. The van der Waals surface area contributed by atoms with Gasteiger partial charge in [0.05, 0.1) is 5.71 Å². The average Bonchev–Trinajstić information content (AvgIpc) is 2.44. The number of aryl methyl sites for hydroxylation is 2. The molecule has 0 atom stereocenters. The molecule has 6 heteroatoms. The molecule has 0 fully saturated rings. The Bertz CT molecular complexity index is 806. The molecule has 0 saturated heterocycles. The first-order valence-corrected chi connectivity index (χ1v) is 6.64. The molecule has 2 N–H and O–H groups in total. The summed E-state index contributed by atoms with van der Waals surface area (Å²) in [6, 6.07) is 8.38. The average molecular weight is 300 g/mol. The standard InChI is InChI=1S/C16H16N2O4/c1-9-6-4-5-7-12(9)15(20)18-17-11(3)14-13(19)8-10(2)22-16(14)21/h4-8,19H,1-3H3,(H,18,20)/b17-11+. The summed E-state index contributed by atoms with van der Waals surface area (Å²) in [6.07, 6.45) is 0. The normalized spacial score (nSPS) is 11.3. The van der Waals surface area contributed by atoms with Crippen LogP contribution in [0.1, 0.15) is 34.2 Å².